The molecule has 0 saturated heterocycles. The van der Waals surface area contributed by atoms with Crippen molar-refractivity contribution >= 4 is 0 Å². The average Bonchev–Trinajstić information content (AvgIpc) is 2.53. The molecule has 1 aliphatic rings. The van der Waals surface area contributed by atoms with Crippen LogP contribution in [-0.4, -0.2) is 9.55 Å². The molecule has 0 radical (unpaired) electrons. The van der Waals surface area contributed by atoms with E-state index < -0.39 is 0 Å². The van der Waals surface area contributed by atoms with Crippen LogP contribution < -0.4 is 5.73 Å². The van der Waals surface area contributed by atoms with E-state index in [1.54, 1.807) is 0 Å². The Hall–Kier alpha value is -0.830. The number of hydrogen-bond donors (Lipinski definition) is 1. The Balaban J connectivity index is 2.27. The van der Waals surface area contributed by atoms with Gasteiger partial charge in [0.1, 0.15) is 5.82 Å². The fourth-order valence-electron chi connectivity index (χ4n) is 2.25. The summed E-state index contributed by atoms with van der Waals surface area (Å²) >= 11 is 0. The van der Waals surface area contributed by atoms with E-state index >= 15 is 0 Å². The van der Waals surface area contributed by atoms with Gasteiger partial charge in [0.25, 0.3) is 0 Å². The minimum Gasteiger partial charge on any atom is -0.336 e. The molecule has 3 heteroatoms. The van der Waals surface area contributed by atoms with Crippen LogP contribution >= 0.6 is 0 Å². The molecular formula is C10H17N3. The molecule has 13 heavy (non-hydrogen) atoms. The smallest absolute Gasteiger partial charge is 0.128 e. The number of nitrogens with zero attached hydrogens (tertiary/aromatic N) is 2. The molecule has 0 aromatic carbocycles. The molecule has 1 aromatic heterocycles. The van der Waals surface area contributed by atoms with Crippen molar-refractivity contribution in [3.63, 3.8) is 0 Å². The average molecular weight is 179 g/mol. The second-order valence-electron chi connectivity index (χ2n) is 4.08. The van der Waals surface area contributed by atoms with Crippen molar-refractivity contribution in [2.75, 3.05) is 0 Å². The third-order valence-electron chi connectivity index (χ3n) is 3.01. The van der Waals surface area contributed by atoms with Crippen LogP contribution in [0, 0.1) is 0 Å². The van der Waals surface area contributed by atoms with Crippen LogP contribution in [0.3, 0.4) is 0 Å². The summed E-state index contributed by atoms with van der Waals surface area (Å²) in [5.74, 6) is 1.05. The van der Waals surface area contributed by atoms with Crippen molar-refractivity contribution < 1.29 is 0 Å². The van der Waals surface area contributed by atoms with E-state index in [1.165, 1.54) is 19.3 Å². The van der Waals surface area contributed by atoms with Crippen LogP contribution in [0.4, 0.5) is 0 Å². The van der Waals surface area contributed by atoms with E-state index in [2.05, 4.69) is 4.98 Å². The molecule has 0 spiro atoms. The molecule has 0 atom stereocenters. The first-order valence-electron chi connectivity index (χ1n) is 4.99. The van der Waals surface area contributed by atoms with E-state index in [1.807, 2.05) is 24.0 Å². The molecule has 3 nitrogen and oxygen atoms in total. The first kappa shape index (κ1) is 8.75. The van der Waals surface area contributed by atoms with Gasteiger partial charge in [-0.25, -0.2) is 4.98 Å². The summed E-state index contributed by atoms with van der Waals surface area (Å²) in [5, 5.41) is 0. The summed E-state index contributed by atoms with van der Waals surface area (Å²) in [6, 6.07) is 0. The normalized spacial score (nSPS) is 21.7. The van der Waals surface area contributed by atoms with Crippen molar-refractivity contribution in [3.05, 3.63) is 18.2 Å². The molecule has 0 bridgehead atoms. The molecule has 0 unspecified atom stereocenters. The van der Waals surface area contributed by atoms with Gasteiger partial charge in [-0.3, -0.25) is 0 Å². The second kappa shape index (κ2) is 3.14. The number of aryl methyl sites for hydroxylation is 1. The summed E-state index contributed by atoms with van der Waals surface area (Å²) in [7, 11) is 2.02. The SMILES string of the molecule is Cn1ccnc1C1(N)CCCCC1. The van der Waals surface area contributed by atoms with E-state index in [4.69, 9.17) is 5.73 Å². The number of hydrogen-bond acceptors (Lipinski definition) is 2. The maximum Gasteiger partial charge on any atom is 0.128 e. The zero-order chi connectivity index (χ0) is 9.31. The van der Waals surface area contributed by atoms with Gasteiger partial charge in [-0.1, -0.05) is 19.3 Å². The van der Waals surface area contributed by atoms with E-state index in [0.717, 1.165) is 18.7 Å². The summed E-state index contributed by atoms with van der Waals surface area (Å²) in [4.78, 5) is 4.35. The summed E-state index contributed by atoms with van der Waals surface area (Å²) in [6.45, 7) is 0. The van der Waals surface area contributed by atoms with E-state index in [-0.39, 0.29) is 5.54 Å². The summed E-state index contributed by atoms with van der Waals surface area (Å²) in [6.07, 6.45) is 9.77. The topological polar surface area (TPSA) is 43.8 Å². The van der Waals surface area contributed by atoms with Crippen molar-refractivity contribution in [1.29, 1.82) is 0 Å². The molecule has 1 aliphatic carbocycles. The van der Waals surface area contributed by atoms with Gasteiger partial charge in [0.15, 0.2) is 0 Å². The monoisotopic (exact) mass is 179 g/mol. The number of rotatable bonds is 1. The highest BCUT2D eigenvalue weighted by molar-refractivity contribution is 5.08. The quantitative estimate of drug-likeness (QED) is 0.710. The van der Waals surface area contributed by atoms with Gasteiger partial charge >= 0.3 is 0 Å². The number of aromatic nitrogens is 2. The molecular weight excluding hydrogens is 162 g/mol. The molecule has 0 amide bonds. The molecule has 1 saturated carbocycles. The van der Waals surface area contributed by atoms with Gasteiger partial charge in [-0.05, 0) is 12.8 Å². The molecule has 1 aromatic rings. The fourth-order valence-corrected chi connectivity index (χ4v) is 2.25. The molecule has 1 heterocycles. The van der Waals surface area contributed by atoms with Gasteiger partial charge in [0.05, 0.1) is 5.54 Å². The number of imidazole rings is 1. The Labute approximate surface area is 79.0 Å². The highest BCUT2D eigenvalue weighted by Gasteiger charge is 2.32. The van der Waals surface area contributed by atoms with Crippen LogP contribution in [-0.2, 0) is 12.6 Å². The maximum absolute atomic E-state index is 6.34. The minimum atomic E-state index is -0.156. The number of nitrogens with two attached hydrogens (primary N) is 1. The predicted octanol–water partition coefficient (Wildman–Crippen LogP) is 1.54. The van der Waals surface area contributed by atoms with Crippen molar-refractivity contribution in [2.45, 2.75) is 37.6 Å². The zero-order valence-electron chi connectivity index (χ0n) is 8.16. The highest BCUT2D eigenvalue weighted by Crippen LogP contribution is 2.33. The third kappa shape index (κ3) is 1.48. The fraction of sp³-hybridized carbons (Fsp3) is 0.700. The van der Waals surface area contributed by atoms with Crippen LogP contribution in [0.2, 0.25) is 0 Å². The van der Waals surface area contributed by atoms with E-state index in [9.17, 15) is 0 Å². The molecule has 72 valence electrons. The van der Waals surface area contributed by atoms with Gasteiger partial charge in [-0.15, -0.1) is 0 Å². The maximum atomic E-state index is 6.34. The Morgan fingerprint density at radius 3 is 2.62 bits per heavy atom. The van der Waals surface area contributed by atoms with Crippen LogP contribution in [0.5, 0.6) is 0 Å². The Morgan fingerprint density at radius 1 is 1.38 bits per heavy atom. The second-order valence-corrected chi connectivity index (χ2v) is 4.08. The van der Waals surface area contributed by atoms with Crippen LogP contribution in [0.25, 0.3) is 0 Å². The van der Waals surface area contributed by atoms with Crippen LogP contribution in [0.1, 0.15) is 37.9 Å². The lowest BCUT2D eigenvalue weighted by Crippen LogP contribution is -2.40. The first-order chi connectivity index (χ1) is 6.22. The van der Waals surface area contributed by atoms with Crippen molar-refractivity contribution in [1.82, 2.24) is 9.55 Å². The van der Waals surface area contributed by atoms with Crippen molar-refractivity contribution in [3.8, 4) is 0 Å². The molecule has 2 N–H and O–H groups in total. The highest BCUT2D eigenvalue weighted by atomic mass is 15.1. The lowest BCUT2D eigenvalue weighted by molar-refractivity contribution is 0.281. The molecule has 1 fully saturated rings. The lowest BCUT2D eigenvalue weighted by atomic mass is 9.82. The van der Waals surface area contributed by atoms with Gasteiger partial charge in [0.2, 0.25) is 0 Å². The van der Waals surface area contributed by atoms with Gasteiger partial charge in [0, 0.05) is 19.4 Å². The van der Waals surface area contributed by atoms with Crippen LogP contribution in [0.15, 0.2) is 12.4 Å². The first-order valence-corrected chi connectivity index (χ1v) is 4.99. The Morgan fingerprint density at radius 2 is 2.08 bits per heavy atom. The third-order valence-corrected chi connectivity index (χ3v) is 3.01. The summed E-state index contributed by atoms with van der Waals surface area (Å²) < 4.78 is 2.05. The lowest BCUT2D eigenvalue weighted by Gasteiger charge is -2.32. The Bertz CT molecular complexity index is 284. The standard InChI is InChI=1S/C10H17N3/c1-13-8-7-12-9(13)10(11)5-3-2-4-6-10/h7-8H,2-6,11H2,1H3. The molecule has 0 aliphatic heterocycles. The van der Waals surface area contributed by atoms with Gasteiger partial charge in [-0.2, -0.15) is 0 Å². The summed E-state index contributed by atoms with van der Waals surface area (Å²) in [5.41, 5.74) is 6.19. The van der Waals surface area contributed by atoms with Crippen molar-refractivity contribution in [2.24, 2.45) is 12.8 Å². The zero-order valence-corrected chi connectivity index (χ0v) is 8.16. The van der Waals surface area contributed by atoms with E-state index in [0.29, 0.717) is 0 Å². The van der Waals surface area contributed by atoms with Gasteiger partial charge < -0.3 is 10.3 Å². The minimum absolute atomic E-state index is 0.156. The molecule has 2 rings (SSSR count). The predicted molar refractivity (Wildman–Crippen MR) is 52.2 cm³/mol. The largest absolute Gasteiger partial charge is 0.336 e. The Kier molecular flexibility index (Phi) is 2.12.